The Labute approximate surface area is 97.2 Å². The van der Waals surface area contributed by atoms with Gasteiger partial charge in [0.25, 0.3) is 0 Å². The second-order valence-corrected chi connectivity index (χ2v) is 4.53. The molecule has 1 aliphatic carbocycles. The Hall–Kier alpha value is -0.930. The molecule has 0 saturated heterocycles. The summed E-state index contributed by atoms with van der Waals surface area (Å²) in [4.78, 5) is 4.29. The third-order valence-electron chi connectivity index (χ3n) is 3.21. The Morgan fingerprint density at radius 3 is 3.00 bits per heavy atom. The molecule has 2 rings (SSSR count). The fourth-order valence-corrected chi connectivity index (χ4v) is 1.99. The molecule has 0 radical (unpaired) electrons. The van der Waals surface area contributed by atoms with Crippen LogP contribution in [0, 0.1) is 12.8 Å². The lowest BCUT2D eigenvalue weighted by molar-refractivity contribution is 0.157. The van der Waals surface area contributed by atoms with Gasteiger partial charge >= 0.3 is 0 Å². The van der Waals surface area contributed by atoms with E-state index in [-0.39, 0.29) is 0 Å². The van der Waals surface area contributed by atoms with E-state index in [9.17, 15) is 0 Å². The zero-order valence-electron chi connectivity index (χ0n) is 10.1. The highest BCUT2D eigenvalue weighted by molar-refractivity contribution is 5.18. The van der Waals surface area contributed by atoms with Gasteiger partial charge in [-0.05, 0) is 37.3 Å². The van der Waals surface area contributed by atoms with E-state index in [0.29, 0.717) is 6.04 Å². The zero-order chi connectivity index (χ0) is 11.4. The Morgan fingerprint density at radius 1 is 1.56 bits per heavy atom. The lowest BCUT2D eigenvalue weighted by Crippen LogP contribution is -2.34. The SMILES string of the molecule is COCC(NCc1cccnc1C)C1CC1. The Kier molecular flexibility index (Phi) is 3.91. The molecule has 1 N–H and O–H groups in total. The maximum Gasteiger partial charge on any atom is 0.0618 e. The van der Waals surface area contributed by atoms with E-state index < -0.39 is 0 Å². The molecule has 1 unspecified atom stereocenters. The van der Waals surface area contributed by atoms with Crippen molar-refractivity contribution in [2.45, 2.75) is 32.4 Å². The predicted molar refractivity (Wildman–Crippen MR) is 64.2 cm³/mol. The molecule has 0 bridgehead atoms. The van der Waals surface area contributed by atoms with Crippen molar-refractivity contribution in [3.63, 3.8) is 0 Å². The molecule has 1 aromatic rings. The van der Waals surface area contributed by atoms with Gasteiger partial charge in [0, 0.05) is 31.6 Å². The third-order valence-corrected chi connectivity index (χ3v) is 3.21. The van der Waals surface area contributed by atoms with Gasteiger partial charge in [0.1, 0.15) is 0 Å². The van der Waals surface area contributed by atoms with Crippen LogP contribution < -0.4 is 5.32 Å². The molecule has 16 heavy (non-hydrogen) atoms. The molecule has 88 valence electrons. The van der Waals surface area contributed by atoms with Gasteiger partial charge < -0.3 is 10.1 Å². The summed E-state index contributed by atoms with van der Waals surface area (Å²) >= 11 is 0. The minimum absolute atomic E-state index is 0.504. The molecular weight excluding hydrogens is 200 g/mol. The third kappa shape index (κ3) is 3.03. The van der Waals surface area contributed by atoms with Crippen LogP contribution >= 0.6 is 0 Å². The number of aryl methyl sites for hydroxylation is 1. The number of nitrogens with zero attached hydrogens (tertiary/aromatic N) is 1. The first-order chi connectivity index (χ1) is 7.81. The molecule has 1 aliphatic rings. The molecule has 0 spiro atoms. The minimum Gasteiger partial charge on any atom is -0.383 e. The normalized spacial score (nSPS) is 17.4. The van der Waals surface area contributed by atoms with Crippen molar-refractivity contribution in [3.05, 3.63) is 29.6 Å². The standard InChI is InChI=1S/C13H20N2O/c1-10-12(4-3-7-14-10)8-15-13(9-16-2)11-5-6-11/h3-4,7,11,13,15H,5-6,8-9H2,1-2H3. The first-order valence-corrected chi connectivity index (χ1v) is 5.94. The number of aromatic nitrogens is 1. The van der Waals surface area contributed by atoms with Crippen LogP contribution in [0.2, 0.25) is 0 Å². The van der Waals surface area contributed by atoms with Gasteiger partial charge in [-0.25, -0.2) is 0 Å². The van der Waals surface area contributed by atoms with Crippen molar-refractivity contribution in [1.29, 1.82) is 0 Å². The quantitative estimate of drug-likeness (QED) is 0.795. The highest BCUT2D eigenvalue weighted by Crippen LogP contribution is 2.32. The van der Waals surface area contributed by atoms with Gasteiger partial charge in [-0.3, -0.25) is 4.98 Å². The molecular formula is C13H20N2O. The summed E-state index contributed by atoms with van der Waals surface area (Å²) in [7, 11) is 1.77. The summed E-state index contributed by atoms with van der Waals surface area (Å²) in [5.74, 6) is 0.817. The van der Waals surface area contributed by atoms with Gasteiger partial charge in [-0.1, -0.05) is 6.07 Å². The lowest BCUT2D eigenvalue weighted by Gasteiger charge is -2.17. The van der Waals surface area contributed by atoms with Gasteiger partial charge in [0.2, 0.25) is 0 Å². The van der Waals surface area contributed by atoms with Crippen molar-refractivity contribution >= 4 is 0 Å². The number of pyridine rings is 1. The van der Waals surface area contributed by atoms with E-state index in [0.717, 1.165) is 24.8 Å². The highest BCUT2D eigenvalue weighted by atomic mass is 16.5. The van der Waals surface area contributed by atoms with E-state index in [1.54, 1.807) is 7.11 Å². The molecule has 0 amide bonds. The number of hydrogen-bond acceptors (Lipinski definition) is 3. The largest absolute Gasteiger partial charge is 0.383 e. The van der Waals surface area contributed by atoms with Crippen molar-refractivity contribution in [2.24, 2.45) is 5.92 Å². The van der Waals surface area contributed by atoms with Crippen LogP contribution in [0.1, 0.15) is 24.1 Å². The molecule has 0 aliphatic heterocycles. The van der Waals surface area contributed by atoms with E-state index in [2.05, 4.69) is 23.3 Å². The number of methoxy groups -OCH3 is 1. The van der Waals surface area contributed by atoms with Crippen molar-refractivity contribution < 1.29 is 4.74 Å². The number of ether oxygens (including phenoxy) is 1. The van der Waals surface area contributed by atoms with Crippen LogP contribution in [0.15, 0.2) is 18.3 Å². The second-order valence-electron chi connectivity index (χ2n) is 4.53. The fraction of sp³-hybridized carbons (Fsp3) is 0.615. The van der Waals surface area contributed by atoms with Gasteiger partial charge in [0.05, 0.1) is 6.61 Å². The minimum atomic E-state index is 0.504. The molecule has 1 fully saturated rings. The topological polar surface area (TPSA) is 34.1 Å². The maximum absolute atomic E-state index is 5.25. The highest BCUT2D eigenvalue weighted by Gasteiger charge is 2.30. The molecule has 1 atom stereocenters. The molecule has 1 heterocycles. The van der Waals surface area contributed by atoms with E-state index >= 15 is 0 Å². The van der Waals surface area contributed by atoms with E-state index in [1.807, 2.05) is 12.3 Å². The van der Waals surface area contributed by atoms with Crippen LogP contribution in [0.25, 0.3) is 0 Å². The number of nitrogens with one attached hydrogen (secondary N) is 1. The summed E-state index contributed by atoms with van der Waals surface area (Å²) in [6.45, 7) is 3.76. The molecule has 1 saturated carbocycles. The van der Waals surface area contributed by atoms with Crippen molar-refractivity contribution in [3.8, 4) is 0 Å². The molecule has 3 nitrogen and oxygen atoms in total. The summed E-state index contributed by atoms with van der Waals surface area (Å²) < 4.78 is 5.25. The molecule has 1 aromatic heterocycles. The summed E-state index contributed by atoms with van der Waals surface area (Å²) in [6.07, 6.45) is 4.52. The summed E-state index contributed by atoms with van der Waals surface area (Å²) in [6, 6.07) is 4.63. The summed E-state index contributed by atoms with van der Waals surface area (Å²) in [5.41, 5.74) is 2.39. The number of hydrogen-bond donors (Lipinski definition) is 1. The second kappa shape index (κ2) is 5.41. The lowest BCUT2D eigenvalue weighted by atomic mass is 10.1. The van der Waals surface area contributed by atoms with Gasteiger partial charge in [-0.15, -0.1) is 0 Å². The average Bonchev–Trinajstić information content (AvgIpc) is 3.10. The van der Waals surface area contributed by atoms with E-state index in [4.69, 9.17) is 4.74 Å². The van der Waals surface area contributed by atoms with Gasteiger partial charge in [-0.2, -0.15) is 0 Å². The number of rotatable bonds is 6. The monoisotopic (exact) mass is 220 g/mol. The van der Waals surface area contributed by atoms with Crippen LogP contribution in [0.3, 0.4) is 0 Å². The fourth-order valence-electron chi connectivity index (χ4n) is 1.99. The predicted octanol–water partition coefficient (Wildman–Crippen LogP) is 1.90. The van der Waals surface area contributed by atoms with Crippen LogP contribution in [-0.4, -0.2) is 24.7 Å². The van der Waals surface area contributed by atoms with Crippen molar-refractivity contribution in [2.75, 3.05) is 13.7 Å². The Balaban J connectivity index is 1.87. The smallest absolute Gasteiger partial charge is 0.0618 e. The Morgan fingerprint density at radius 2 is 2.38 bits per heavy atom. The molecule has 3 heteroatoms. The Bertz CT molecular complexity index is 336. The van der Waals surface area contributed by atoms with Crippen molar-refractivity contribution in [1.82, 2.24) is 10.3 Å². The first-order valence-electron chi connectivity index (χ1n) is 5.94. The zero-order valence-corrected chi connectivity index (χ0v) is 10.1. The summed E-state index contributed by atoms with van der Waals surface area (Å²) in [5, 5.41) is 3.57. The van der Waals surface area contributed by atoms with Crippen LogP contribution in [0.5, 0.6) is 0 Å². The first kappa shape index (κ1) is 11.6. The maximum atomic E-state index is 5.25. The van der Waals surface area contributed by atoms with Crippen LogP contribution in [-0.2, 0) is 11.3 Å². The average molecular weight is 220 g/mol. The van der Waals surface area contributed by atoms with Gasteiger partial charge in [0.15, 0.2) is 0 Å². The molecule has 0 aromatic carbocycles. The van der Waals surface area contributed by atoms with Crippen LogP contribution in [0.4, 0.5) is 0 Å². The van der Waals surface area contributed by atoms with E-state index in [1.165, 1.54) is 18.4 Å².